The van der Waals surface area contributed by atoms with Gasteiger partial charge < -0.3 is 5.32 Å². The van der Waals surface area contributed by atoms with Gasteiger partial charge in [-0.3, -0.25) is 5.10 Å². The second-order valence-corrected chi connectivity index (χ2v) is 7.42. The average molecular weight is 300 g/mol. The summed E-state index contributed by atoms with van der Waals surface area (Å²) in [6.45, 7) is 8.61. The van der Waals surface area contributed by atoms with E-state index < -0.39 is 10.0 Å². The highest BCUT2D eigenvalue weighted by Gasteiger charge is 2.34. The van der Waals surface area contributed by atoms with E-state index in [4.69, 9.17) is 0 Å². The molecule has 1 saturated heterocycles. The van der Waals surface area contributed by atoms with E-state index in [1.807, 2.05) is 6.92 Å². The predicted octanol–water partition coefficient (Wildman–Crippen LogP) is 1.25. The SMILES string of the molecule is CCCNCc1c(S(=O)(=O)N2CCC(C)C2)n[nH]c1C. The summed E-state index contributed by atoms with van der Waals surface area (Å²) in [6, 6.07) is 0. The van der Waals surface area contributed by atoms with Gasteiger partial charge >= 0.3 is 0 Å². The number of sulfonamides is 1. The minimum absolute atomic E-state index is 0.188. The van der Waals surface area contributed by atoms with E-state index in [2.05, 4.69) is 29.4 Å². The van der Waals surface area contributed by atoms with Gasteiger partial charge in [-0.1, -0.05) is 13.8 Å². The first-order chi connectivity index (χ1) is 9.46. The Labute approximate surface area is 121 Å². The zero-order valence-electron chi connectivity index (χ0n) is 12.4. The van der Waals surface area contributed by atoms with E-state index in [1.165, 1.54) is 0 Å². The van der Waals surface area contributed by atoms with Gasteiger partial charge in [-0.05, 0) is 32.2 Å². The largest absolute Gasteiger partial charge is 0.313 e. The van der Waals surface area contributed by atoms with Crippen LogP contribution in [0.25, 0.3) is 0 Å². The smallest absolute Gasteiger partial charge is 0.262 e. The molecule has 2 N–H and O–H groups in total. The third kappa shape index (κ3) is 3.05. The second kappa shape index (κ2) is 6.24. The molecule has 1 aromatic heterocycles. The molecule has 1 atom stereocenters. The lowest BCUT2D eigenvalue weighted by Gasteiger charge is -2.15. The molecule has 1 aromatic rings. The topological polar surface area (TPSA) is 78.1 Å². The van der Waals surface area contributed by atoms with E-state index in [0.29, 0.717) is 25.6 Å². The molecule has 1 aliphatic heterocycles. The van der Waals surface area contributed by atoms with Crippen molar-refractivity contribution in [2.24, 2.45) is 5.92 Å². The van der Waals surface area contributed by atoms with Crippen molar-refractivity contribution < 1.29 is 8.42 Å². The molecule has 1 unspecified atom stereocenters. The van der Waals surface area contributed by atoms with Crippen LogP contribution in [0.1, 0.15) is 37.9 Å². The number of aryl methyl sites for hydroxylation is 1. The zero-order valence-corrected chi connectivity index (χ0v) is 13.3. The van der Waals surface area contributed by atoms with E-state index in [0.717, 1.165) is 30.6 Å². The van der Waals surface area contributed by atoms with Crippen molar-refractivity contribution in [1.29, 1.82) is 0 Å². The van der Waals surface area contributed by atoms with E-state index >= 15 is 0 Å². The van der Waals surface area contributed by atoms with Gasteiger partial charge in [0.05, 0.1) is 0 Å². The molecule has 0 spiro atoms. The molecule has 7 heteroatoms. The lowest BCUT2D eigenvalue weighted by molar-refractivity contribution is 0.460. The Hall–Kier alpha value is -0.920. The summed E-state index contributed by atoms with van der Waals surface area (Å²) in [5.74, 6) is 0.423. The predicted molar refractivity (Wildman–Crippen MR) is 77.9 cm³/mol. The third-order valence-electron chi connectivity index (χ3n) is 3.74. The summed E-state index contributed by atoms with van der Waals surface area (Å²) < 4.78 is 26.9. The lowest BCUT2D eigenvalue weighted by Crippen LogP contribution is -2.30. The Morgan fingerprint density at radius 1 is 1.50 bits per heavy atom. The standard InChI is InChI=1S/C13H24N4O2S/c1-4-6-14-8-12-11(3)15-16-13(12)20(18,19)17-7-5-10(2)9-17/h10,14H,4-9H2,1-3H3,(H,15,16). The molecule has 1 aliphatic rings. The Morgan fingerprint density at radius 2 is 2.25 bits per heavy atom. The van der Waals surface area contributed by atoms with E-state index in [9.17, 15) is 8.42 Å². The molecule has 2 heterocycles. The number of nitrogens with zero attached hydrogens (tertiary/aromatic N) is 2. The molecule has 0 saturated carbocycles. The van der Waals surface area contributed by atoms with Gasteiger partial charge in [-0.2, -0.15) is 9.40 Å². The lowest BCUT2D eigenvalue weighted by atomic mass is 10.2. The van der Waals surface area contributed by atoms with Crippen LogP contribution in [0.5, 0.6) is 0 Å². The number of rotatable bonds is 6. The number of H-pyrrole nitrogens is 1. The summed E-state index contributed by atoms with van der Waals surface area (Å²) >= 11 is 0. The van der Waals surface area contributed by atoms with Gasteiger partial charge in [-0.25, -0.2) is 8.42 Å². The maximum Gasteiger partial charge on any atom is 0.262 e. The maximum absolute atomic E-state index is 12.7. The van der Waals surface area contributed by atoms with Crippen LogP contribution in [0.15, 0.2) is 5.03 Å². The summed E-state index contributed by atoms with van der Waals surface area (Å²) in [5.41, 5.74) is 1.58. The highest BCUT2D eigenvalue weighted by Crippen LogP contribution is 2.25. The highest BCUT2D eigenvalue weighted by molar-refractivity contribution is 7.89. The van der Waals surface area contributed by atoms with Gasteiger partial charge in [0.15, 0.2) is 5.03 Å². The van der Waals surface area contributed by atoms with Gasteiger partial charge in [0.25, 0.3) is 10.0 Å². The quantitative estimate of drug-likeness (QED) is 0.775. The third-order valence-corrected chi connectivity index (χ3v) is 5.57. The average Bonchev–Trinajstić information content (AvgIpc) is 2.98. The fraction of sp³-hybridized carbons (Fsp3) is 0.769. The van der Waals surface area contributed by atoms with Gasteiger partial charge in [0, 0.05) is 30.9 Å². The molecule has 6 nitrogen and oxygen atoms in total. The van der Waals surface area contributed by atoms with Crippen LogP contribution in [0.3, 0.4) is 0 Å². The van der Waals surface area contributed by atoms with E-state index in [1.54, 1.807) is 4.31 Å². The van der Waals surface area contributed by atoms with Gasteiger partial charge in [0.2, 0.25) is 0 Å². The fourth-order valence-electron chi connectivity index (χ4n) is 2.48. The first kappa shape index (κ1) is 15.5. The Morgan fingerprint density at radius 3 is 2.85 bits per heavy atom. The minimum Gasteiger partial charge on any atom is -0.313 e. The molecule has 2 rings (SSSR count). The zero-order chi connectivity index (χ0) is 14.8. The summed E-state index contributed by atoms with van der Waals surface area (Å²) in [5, 5.41) is 10.3. The Kier molecular flexibility index (Phi) is 4.82. The molecule has 0 bridgehead atoms. The van der Waals surface area contributed by atoms with Crippen molar-refractivity contribution in [3.8, 4) is 0 Å². The van der Waals surface area contributed by atoms with E-state index in [-0.39, 0.29) is 5.03 Å². The maximum atomic E-state index is 12.7. The van der Waals surface area contributed by atoms with Crippen LogP contribution in [0.4, 0.5) is 0 Å². The second-order valence-electron chi connectivity index (χ2n) is 5.57. The first-order valence-corrected chi connectivity index (χ1v) is 8.65. The molecule has 0 radical (unpaired) electrons. The van der Waals surface area contributed by atoms with Crippen LogP contribution in [-0.4, -0.2) is 42.6 Å². The molecule has 0 aliphatic carbocycles. The molecule has 0 amide bonds. The van der Waals surface area contributed by atoms with Crippen molar-refractivity contribution in [1.82, 2.24) is 19.8 Å². The van der Waals surface area contributed by atoms with Gasteiger partial charge in [-0.15, -0.1) is 0 Å². The first-order valence-electron chi connectivity index (χ1n) is 7.21. The van der Waals surface area contributed by atoms with Crippen LogP contribution >= 0.6 is 0 Å². The summed E-state index contributed by atoms with van der Waals surface area (Å²) in [6.07, 6.45) is 1.94. The number of aromatic amines is 1. The Balaban J connectivity index is 2.23. The number of nitrogens with one attached hydrogen (secondary N) is 2. The van der Waals surface area contributed by atoms with Crippen molar-refractivity contribution >= 4 is 10.0 Å². The summed E-state index contributed by atoms with van der Waals surface area (Å²) in [4.78, 5) is 0. The normalized spacial score (nSPS) is 20.6. The molecular formula is C13H24N4O2S. The Bertz CT molecular complexity index is 553. The van der Waals surface area contributed by atoms with Crippen LogP contribution in [-0.2, 0) is 16.6 Å². The number of hydrogen-bond donors (Lipinski definition) is 2. The fourth-order valence-corrected chi connectivity index (χ4v) is 4.22. The molecule has 1 fully saturated rings. The van der Waals surface area contributed by atoms with Crippen molar-refractivity contribution in [3.05, 3.63) is 11.3 Å². The molecule has 114 valence electrons. The minimum atomic E-state index is -3.47. The van der Waals surface area contributed by atoms with Crippen molar-refractivity contribution in [2.75, 3.05) is 19.6 Å². The van der Waals surface area contributed by atoms with Gasteiger partial charge in [0.1, 0.15) is 0 Å². The highest BCUT2D eigenvalue weighted by atomic mass is 32.2. The van der Waals surface area contributed by atoms with Crippen molar-refractivity contribution in [2.45, 2.75) is 45.2 Å². The monoisotopic (exact) mass is 300 g/mol. The molecular weight excluding hydrogens is 276 g/mol. The van der Waals surface area contributed by atoms with Crippen molar-refractivity contribution in [3.63, 3.8) is 0 Å². The molecule has 0 aromatic carbocycles. The number of aromatic nitrogens is 2. The van der Waals surface area contributed by atoms with Crippen LogP contribution < -0.4 is 5.32 Å². The number of hydrogen-bond acceptors (Lipinski definition) is 4. The molecule has 20 heavy (non-hydrogen) atoms. The summed E-state index contributed by atoms with van der Waals surface area (Å²) in [7, 11) is -3.47. The van der Waals surface area contributed by atoms with Crippen LogP contribution in [0.2, 0.25) is 0 Å². The van der Waals surface area contributed by atoms with Crippen LogP contribution in [0, 0.1) is 12.8 Å².